The highest BCUT2D eigenvalue weighted by Crippen LogP contribution is 2.35. The van der Waals surface area contributed by atoms with Gasteiger partial charge in [-0.3, -0.25) is 0 Å². The topological polar surface area (TPSA) is 3.24 Å². The molecule has 2 heterocycles. The standard InChI is InChI=1S/C12H14N/c1-4-10-6-2-8-13-9-3-7-11(5-1)12(10)13/h1,4-6H,2-3,7-9H2. The lowest BCUT2D eigenvalue weighted by atomic mass is 9.92. The zero-order valence-electron chi connectivity index (χ0n) is 7.79. The average molecular weight is 172 g/mol. The summed E-state index contributed by atoms with van der Waals surface area (Å²) in [7, 11) is 0. The molecule has 0 aromatic heterocycles. The Balaban J connectivity index is 2.18. The van der Waals surface area contributed by atoms with Crippen molar-refractivity contribution >= 4 is 5.69 Å². The fourth-order valence-electron chi connectivity index (χ4n) is 2.53. The van der Waals surface area contributed by atoms with Crippen molar-refractivity contribution in [3.63, 3.8) is 0 Å². The quantitative estimate of drug-likeness (QED) is 0.581. The van der Waals surface area contributed by atoms with Crippen LogP contribution in [0.2, 0.25) is 0 Å². The average Bonchev–Trinajstić information content (AvgIpc) is 2.19. The lowest BCUT2D eigenvalue weighted by Gasteiger charge is -2.36. The van der Waals surface area contributed by atoms with Crippen molar-refractivity contribution in [2.24, 2.45) is 0 Å². The molecular formula is C12H14N. The molecule has 1 nitrogen and oxygen atoms in total. The van der Waals surface area contributed by atoms with E-state index in [9.17, 15) is 0 Å². The maximum absolute atomic E-state index is 2.55. The summed E-state index contributed by atoms with van der Waals surface area (Å²) in [5.74, 6) is 0. The summed E-state index contributed by atoms with van der Waals surface area (Å²) in [6.07, 6.45) is 6.20. The first-order valence-corrected chi connectivity index (χ1v) is 5.15. The Kier molecular flexibility index (Phi) is 1.58. The molecule has 2 aliphatic heterocycles. The van der Waals surface area contributed by atoms with Crippen molar-refractivity contribution in [2.45, 2.75) is 19.3 Å². The zero-order chi connectivity index (χ0) is 8.67. The van der Waals surface area contributed by atoms with Gasteiger partial charge in [-0.25, -0.2) is 0 Å². The Labute approximate surface area is 79.4 Å². The first-order valence-electron chi connectivity index (χ1n) is 5.15. The van der Waals surface area contributed by atoms with Gasteiger partial charge in [-0.1, -0.05) is 18.2 Å². The summed E-state index contributed by atoms with van der Waals surface area (Å²) in [6, 6.07) is 6.72. The van der Waals surface area contributed by atoms with E-state index in [2.05, 4.69) is 29.5 Å². The van der Waals surface area contributed by atoms with Gasteiger partial charge in [0.2, 0.25) is 0 Å². The molecule has 0 unspecified atom stereocenters. The van der Waals surface area contributed by atoms with E-state index in [-0.39, 0.29) is 0 Å². The van der Waals surface area contributed by atoms with Gasteiger partial charge in [0.25, 0.3) is 0 Å². The summed E-state index contributed by atoms with van der Waals surface area (Å²) < 4.78 is 0. The van der Waals surface area contributed by atoms with Gasteiger partial charge in [0, 0.05) is 18.8 Å². The van der Waals surface area contributed by atoms with E-state index in [1.165, 1.54) is 43.6 Å². The lowest BCUT2D eigenvalue weighted by Crippen LogP contribution is -2.33. The van der Waals surface area contributed by atoms with E-state index in [1.807, 2.05) is 0 Å². The summed E-state index contributed by atoms with van der Waals surface area (Å²) in [5, 5.41) is 0. The third kappa shape index (κ3) is 1.06. The molecule has 0 fully saturated rings. The monoisotopic (exact) mass is 172 g/mol. The molecule has 1 heteroatoms. The van der Waals surface area contributed by atoms with Gasteiger partial charge >= 0.3 is 0 Å². The third-order valence-corrected chi connectivity index (χ3v) is 3.10. The predicted molar refractivity (Wildman–Crippen MR) is 55.0 cm³/mol. The Morgan fingerprint density at radius 2 is 2.15 bits per heavy atom. The highest BCUT2D eigenvalue weighted by atomic mass is 15.1. The number of hydrogen-bond acceptors (Lipinski definition) is 1. The van der Waals surface area contributed by atoms with Crippen LogP contribution in [0, 0.1) is 6.42 Å². The van der Waals surface area contributed by atoms with Crippen LogP contribution < -0.4 is 4.90 Å². The Morgan fingerprint density at radius 3 is 3.15 bits per heavy atom. The molecule has 67 valence electrons. The molecule has 0 saturated heterocycles. The molecule has 0 saturated carbocycles. The molecule has 13 heavy (non-hydrogen) atoms. The number of anilines is 1. The summed E-state index contributed by atoms with van der Waals surface area (Å²) in [5.41, 5.74) is 4.54. The second-order valence-corrected chi connectivity index (χ2v) is 3.94. The summed E-state index contributed by atoms with van der Waals surface area (Å²) in [6.45, 7) is 2.49. The fourth-order valence-corrected chi connectivity index (χ4v) is 2.53. The van der Waals surface area contributed by atoms with Crippen LogP contribution in [0.5, 0.6) is 0 Å². The van der Waals surface area contributed by atoms with E-state index in [4.69, 9.17) is 0 Å². The van der Waals surface area contributed by atoms with E-state index in [0.717, 1.165) is 0 Å². The van der Waals surface area contributed by atoms with Gasteiger partial charge < -0.3 is 4.90 Å². The van der Waals surface area contributed by atoms with Crippen LogP contribution in [-0.2, 0) is 6.42 Å². The number of benzene rings is 1. The van der Waals surface area contributed by atoms with Crippen molar-refractivity contribution in [2.75, 3.05) is 18.0 Å². The van der Waals surface area contributed by atoms with Gasteiger partial charge in [0.15, 0.2) is 0 Å². The van der Waals surface area contributed by atoms with Crippen LogP contribution in [0.4, 0.5) is 5.69 Å². The van der Waals surface area contributed by atoms with Crippen molar-refractivity contribution in [1.82, 2.24) is 0 Å². The molecule has 1 aromatic rings. The molecule has 1 aromatic carbocycles. The molecule has 0 aliphatic carbocycles. The van der Waals surface area contributed by atoms with E-state index >= 15 is 0 Å². The minimum absolute atomic E-state index is 1.22. The summed E-state index contributed by atoms with van der Waals surface area (Å²) >= 11 is 0. The van der Waals surface area contributed by atoms with Crippen LogP contribution in [0.3, 0.4) is 0 Å². The van der Waals surface area contributed by atoms with Crippen LogP contribution >= 0.6 is 0 Å². The molecule has 0 amide bonds. The third-order valence-electron chi connectivity index (χ3n) is 3.10. The van der Waals surface area contributed by atoms with Crippen LogP contribution in [-0.4, -0.2) is 13.1 Å². The predicted octanol–water partition coefficient (Wildman–Crippen LogP) is 2.40. The highest BCUT2D eigenvalue weighted by Gasteiger charge is 2.22. The molecule has 0 atom stereocenters. The lowest BCUT2D eigenvalue weighted by molar-refractivity contribution is 0.669. The highest BCUT2D eigenvalue weighted by molar-refractivity contribution is 5.65. The Hall–Kier alpha value is -0.980. The number of para-hydroxylation sites is 1. The molecule has 0 spiro atoms. The Morgan fingerprint density at radius 1 is 1.15 bits per heavy atom. The van der Waals surface area contributed by atoms with Crippen LogP contribution in [0.25, 0.3) is 0 Å². The maximum Gasteiger partial charge on any atom is 0.0434 e. The van der Waals surface area contributed by atoms with Gasteiger partial charge in [0.05, 0.1) is 0 Å². The van der Waals surface area contributed by atoms with Gasteiger partial charge in [-0.05, 0) is 36.8 Å². The minimum atomic E-state index is 1.22. The zero-order valence-corrected chi connectivity index (χ0v) is 7.79. The smallest absolute Gasteiger partial charge is 0.0434 e. The van der Waals surface area contributed by atoms with Gasteiger partial charge in [-0.15, -0.1) is 0 Å². The van der Waals surface area contributed by atoms with Crippen molar-refractivity contribution < 1.29 is 0 Å². The second-order valence-electron chi connectivity index (χ2n) is 3.94. The van der Waals surface area contributed by atoms with Crippen molar-refractivity contribution in [3.05, 3.63) is 35.7 Å². The number of rotatable bonds is 0. The molecule has 3 rings (SSSR count). The first-order chi connectivity index (χ1) is 6.45. The van der Waals surface area contributed by atoms with E-state index in [0.29, 0.717) is 0 Å². The first kappa shape index (κ1) is 7.43. The minimum Gasteiger partial charge on any atom is -0.371 e. The Bertz CT molecular complexity index is 302. The second kappa shape index (κ2) is 2.76. The molecule has 2 aliphatic rings. The van der Waals surface area contributed by atoms with Gasteiger partial charge in [-0.2, -0.15) is 0 Å². The largest absolute Gasteiger partial charge is 0.371 e. The number of hydrogen-bond donors (Lipinski definition) is 0. The SMILES string of the molecule is [CH]1CCN2CCCc3cccc1c32. The van der Waals surface area contributed by atoms with Gasteiger partial charge in [0.1, 0.15) is 0 Å². The van der Waals surface area contributed by atoms with Crippen LogP contribution in [0.1, 0.15) is 24.0 Å². The van der Waals surface area contributed by atoms with E-state index < -0.39 is 0 Å². The van der Waals surface area contributed by atoms with E-state index in [1.54, 1.807) is 5.56 Å². The normalized spacial score (nSPS) is 19.8. The molecule has 1 radical (unpaired) electrons. The molecule has 0 bridgehead atoms. The van der Waals surface area contributed by atoms with Crippen LogP contribution in [0.15, 0.2) is 18.2 Å². The molecular weight excluding hydrogens is 158 g/mol. The van der Waals surface area contributed by atoms with Crippen molar-refractivity contribution in [3.8, 4) is 0 Å². The fraction of sp³-hybridized carbons (Fsp3) is 0.417. The number of aryl methyl sites for hydroxylation is 1. The van der Waals surface area contributed by atoms with Crippen molar-refractivity contribution in [1.29, 1.82) is 0 Å². The number of nitrogens with zero attached hydrogens (tertiary/aromatic N) is 1. The molecule has 0 N–H and O–H groups in total. The maximum atomic E-state index is 2.55. The summed E-state index contributed by atoms with van der Waals surface area (Å²) in [4.78, 5) is 2.55.